The fourth-order valence-electron chi connectivity index (χ4n) is 7.71. The molecule has 9 nitrogen and oxygen atoms in total. The maximum atomic E-state index is 14.5. The minimum atomic E-state index is -0.898. The van der Waals surface area contributed by atoms with Gasteiger partial charge >= 0.3 is 12.0 Å². The predicted octanol–water partition coefficient (Wildman–Crippen LogP) is 5.69. The Labute approximate surface area is 272 Å². The van der Waals surface area contributed by atoms with Gasteiger partial charge in [-0.05, 0) is 73.6 Å². The van der Waals surface area contributed by atoms with Gasteiger partial charge in [0.1, 0.15) is 11.6 Å². The Balaban J connectivity index is 1.48. The smallest absolute Gasteiger partial charge is 0.319 e. The van der Waals surface area contributed by atoms with Gasteiger partial charge in [-0.15, -0.1) is 0 Å². The highest BCUT2D eigenvalue weighted by molar-refractivity contribution is 5.95. The summed E-state index contributed by atoms with van der Waals surface area (Å²) in [6.45, 7) is 8.71. The SMILES string of the molecule is CCCC(CCC)N(C(=O)CN1C[C@H](c2ccc3c(c2)CCO3)[C@@H](C(=O)O)[C@@H]1CCN1CCCN(C)C1=O)c1ccc(F)c(C)c1. The minimum absolute atomic E-state index is 0.0349. The number of anilines is 1. The van der Waals surface area contributed by atoms with Crippen LogP contribution in [-0.4, -0.2) is 96.2 Å². The summed E-state index contributed by atoms with van der Waals surface area (Å²) in [5, 5.41) is 10.7. The van der Waals surface area contributed by atoms with E-state index in [1.807, 2.05) is 21.9 Å². The second-order valence-corrected chi connectivity index (χ2v) is 13.2. The van der Waals surface area contributed by atoms with Crippen molar-refractivity contribution < 1.29 is 28.6 Å². The largest absolute Gasteiger partial charge is 0.493 e. The number of carbonyl (C=O) groups excluding carboxylic acids is 2. The summed E-state index contributed by atoms with van der Waals surface area (Å²) in [5.41, 5.74) is 3.16. The first-order valence-corrected chi connectivity index (χ1v) is 16.9. The van der Waals surface area contributed by atoms with Crippen LogP contribution in [-0.2, 0) is 16.0 Å². The van der Waals surface area contributed by atoms with Crippen molar-refractivity contribution in [1.82, 2.24) is 14.7 Å². The lowest BCUT2D eigenvalue weighted by Crippen LogP contribution is -2.50. The van der Waals surface area contributed by atoms with Crippen LogP contribution in [0.4, 0.5) is 14.9 Å². The van der Waals surface area contributed by atoms with E-state index in [2.05, 4.69) is 19.9 Å². The van der Waals surface area contributed by atoms with Gasteiger partial charge in [-0.1, -0.05) is 38.8 Å². The topological polar surface area (TPSA) is 93.6 Å². The summed E-state index contributed by atoms with van der Waals surface area (Å²) in [5.74, 6) is -1.58. The molecule has 2 aromatic carbocycles. The van der Waals surface area contributed by atoms with E-state index in [0.717, 1.165) is 55.4 Å². The summed E-state index contributed by atoms with van der Waals surface area (Å²) in [7, 11) is 1.79. The van der Waals surface area contributed by atoms with Gasteiger partial charge in [-0.25, -0.2) is 9.18 Å². The Hall–Kier alpha value is -3.66. The average Bonchev–Trinajstić information content (AvgIpc) is 3.64. The number of halogens is 1. The average molecular weight is 637 g/mol. The fraction of sp³-hybridized carbons (Fsp3) is 0.583. The number of fused-ring (bicyclic) bond motifs is 1. The number of nitrogens with zero attached hydrogens (tertiary/aromatic N) is 4. The molecular formula is C36H49FN4O5. The van der Waals surface area contributed by atoms with Crippen LogP contribution < -0.4 is 9.64 Å². The van der Waals surface area contributed by atoms with Crippen LogP contribution in [0.5, 0.6) is 5.75 Å². The molecule has 2 aromatic rings. The molecule has 2 saturated heterocycles. The quantitative estimate of drug-likeness (QED) is 0.304. The third-order valence-electron chi connectivity index (χ3n) is 10.0. The third kappa shape index (κ3) is 7.17. The molecule has 2 fully saturated rings. The van der Waals surface area contributed by atoms with Crippen molar-refractivity contribution in [3.05, 3.63) is 58.9 Å². The lowest BCUT2D eigenvalue weighted by atomic mass is 9.83. The number of rotatable bonds is 13. The summed E-state index contributed by atoms with van der Waals surface area (Å²) in [6, 6.07) is 10.2. The van der Waals surface area contributed by atoms with Crippen molar-refractivity contribution >= 4 is 23.6 Å². The lowest BCUT2D eigenvalue weighted by Gasteiger charge is -2.36. The zero-order chi connectivity index (χ0) is 33.0. The summed E-state index contributed by atoms with van der Waals surface area (Å²) in [4.78, 5) is 47.8. The second-order valence-electron chi connectivity index (χ2n) is 13.2. The number of ether oxygens (including phenoxy) is 1. The third-order valence-corrected chi connectivity index (χ3v) is 10.0. The van der Waals surface area contributed by atoms with Gasteiger partial charge in [-0.2, -0.15) is 0 Å². The van der Waals surface area contributed by atoms with Gasteiger partial charge in [0.25, 0.3) is 0 Å². The van der Waals surface area contributed by atoms with E-state index in [9.17, 15) is 23.9 Å². The van der Waals surface area contributed by atoms with E-state index in [4.69, 9.17) is 4.74 Å². The molecule has 0 saturated carbocycles. The molecule has 0 aliphatic carbocycles. The van der Waals surface area contributed by atoms with Crippen LogP contribution in [0.3, 0.4) is 0 Å². The first kappa shape index (κ1) is 33.7. The molecule has 0 aromatic heterocycles. The summed E-state index contributed by atoms with van der Waals surface area (Å²) in [6.07, 6.45) is 5.49. The Morgan fingerprint density at radius 2 is 1.87 bits per heavy atom. The van der Waals surface area contributed by atoms with Crippen molar-refractivity contribution in [3.63, 3.8) is 0 Å². The molecule has 0 radical (unpaired) electrons. The number of hydrogen-bond donors (Lipinski definition) is 1. The number of hydrogen-bond acceptors (Lipinski definition) is 5. The molecule has 10 heteroatoms. The number of carbonyl (C=O) groups is 3. The van der Waals surface area contributed by atoms with E-state index in [1.165, 1.54) is 6.07 Å². The maximum absolute atomic E-state index is 14.5. The van der Waals surface area contributed by atoms with Crippen LogP contribution >= 0.6 is 0 Å². The molecule has 250 valence electrons. The van der Waals surface area contributed by atoms with Gasteiger partial charge in [0.15, 0.2) is 0 Å². The first-order valence-electron chi connectivity index (χ1n) is 16.9. The molecular weight excluding hydrogens is 587 g/mol. The molecule has 46 heavy (non-hydrogen) atoms. The van der Waals surface area contributed by atoms with E-state index in [1.54, 1.807) is 35.9 Å². The highest BCUT2D eigenvalue weighted by Gasteiger charge is 2.48. The Morgan fingerprint density at radius 3 is 2.57 bits per heavy atom. The number of carboxylic acid groups (broad SMARTS) is 1. The number of urea groups is 1. The standard InChI is InChI=1S/C36H49FN4O5/c1-5-8-27(9-6-2)41(28-11-12-30(37)24(3)20-28)33(42)23-40-22-29(25-10-13-32-26(21-25)15-19-46-32)34(35(43)44)31(40)14-18-39-17-7-16-38(4)36(39)45/h10-13,20-21,27,29,31,34H,5-9,14-19,22-23H2,1-4H3,(H,43,44)/t29-,31+,34-/m1/s1. The van der Waals surface area contributed by atoms with Gasteiger partial charge < -0.3 is 24.5 Å². The van der Waals surface area contributed by atoms with E-state index in [-0.39, 0.29) is 36.3 Å². The van der Waals surface area contributed by atoms with E-state index >= 15 is 0 Å². The molecule has 3 aliphatic heterocycles. The number of carboxylic acids is 1. The predicted molar refractivity (Wildman–Crippen MR) is 176 cm³/mol. The molecule has 0 spiro atoms. The highest BCUT2D eigenvalue weighted by Crippen LogP contribution is 2.41. The van der Waals surface area contributed by atoms with Crippen molar-refractivity contribution in [2.24, 2.45) is 5.92 Å². The fourth-order valence-corrected chi connectivity index (χ4v) is 7.71. The normalized spacial score (nSPS) is 21.5. The van der Waals surface area contributed by atoms with Gasteiger partial charge in [-0.3, -0.25) is 14.5 Å². The number of aliphatic carboxylic acids is 1. The number of amides is 3. The lowest BCUT2D eigenvalue weighted by molar-refractivity contribution is -0.143. The maximum Gasteiger partial charge on any atom is 0.319 e. The molecule has 1 N–H and O–H groups in total. The molecule has 3 aliphatic rings. The van der Waals surface area contributed by atoms with E-state index in [0.29, 0.717) is 50.5 Å². The highest BCUT2D eigenvalue weighted by atomic mass is 19.1. The monoisotopic (exact) mass is 636 g/mol. The van der Waals surface area contributed by atoms with Crippen molar-refractivity contribution in [1.29, 1.82) is 0 Å². The van der Waals surface area contributed by atoms with Crippen molar-refractivity contribution in [2.75, 3.05) is 51.3 Å². The molecule has 3 heterocycles. The van der Waals surface area contributed by atoms with Gasteiger partial charge in [0.05, 0.1) is 19.1 Å². The van der Waals surface area contributed by atoms with Crippen molar-refractivity contribution in [3.8, 4) is 5.75 Å². The van der Waals surface area contributed by atoms with Crippen LogP contribution in [0, 0.1) is 18.7 Å². The van der Waals surface area contributed by atoms with Crippen LogP contribution in [0.1, 0.15) is 75.0 Å². The van der Waals surface area contributed by atoms with Crippen molar-refractivity contribution in [2.45, 2.75) is 83.7 Å². The minimum Gasteiger partial charge on any atom is -0.493 e. The molecule has 3 amide bonds. The zero-order valence-electron chi connectivity index (χ0n) is 27.7. The molecule has 5 rings (SSSR count). The Kier molecular flexibility index (Phi) is 10.9. The van der Waals surface area contributed by atoms with E-state index < -0.39 is 17.9 Å². The first-order chi connectivity index (χ1) is 22.1. The molecule has 3 atom stereocenters. The number of aryl methyl sites for hydroxylation is 1. The summed E-state index contributed by atoms with van der Waals surface area (Å²) >= 11 is 0. The second kappa shape index (κ2) is 14.8. The number of likely N-dealkylation sites (tertiary alicyclic amines) is 1. The van der Waals surface area contributed by atoms with Crippen LogP contribution in [0.15, 0.2) is 36.4 Å². The number of benzene rings is 2. The Morgan fingerprint density at radius 1 is 1.11 bits per heavy atom. The van der Waals surface area contributed by atoms with Crippen LogP contribution in [0.25, 0.3) is 0 Å². The zero-order valence-corrected chi connectivity index (χ0v) is 27.7. The molecule has 0 unspecified atom stereocenters. The van der Waals surface area contributed by atoms with Gasteiger partial charge in [0, 0.05) is 63.3 Å². The summed E-state index contributed by atoms with van der Waals surface area (Å²) < 4.78 is 20.0. The van der Waals surface area contributed by atoms with Gasteiger partial charge in [0.2, 0.25) is 5.91 Å². The Bertz CT molecular complexity index is 1410. The molecule has 0 bridgehead atoms. The van der Waals surface area contributed by atoms with Crippen LogP contribution in [0.2, 0.25) is 0 Å².